The van der Waals surface area contributed by atoms with Gasteiger partial charge in [-0.3, -0.25) is 0 Å². The van der Waals surface area contributed by atoms with Crippen LogP contribution in [0.1, 0.15) is 39.2 Å². The van der Waals surface area contributed by atoms with E-state index in [4.69, 9.17) is 4.74 Å². The molecular weight excluding hydrogens is 316 g/mol. The topological polar surface area (TPSA) is 45.0 Å². The SMILES string of the molecule is CCOC1CC(Nc2cc(Br)ccc2C#N)C1(C)CC. The van der Waals surface area contributed by atoms with E-state index >= 15 is 0 Å². The highest BCUT2D eigenvalue weighted by atomic mass is 79.9. The number of anilines is 1. The van der Waals surface area contributed by atoms with Crippen LogP contribution in [-0.4, -0.2) is 18.8 Å². The number of nitriles is 1. The lowest BCUT2D eigenvalue weighted by Gasteiger charge is -2.54. The van der Waals surface area contributed by atoms with E-state index in [2.05, 4.69) is 41.2 Å². The van der Waals surface area contributed by atoms with Crippen LogP contribution < -0.4 is 5.32 Å². The van der Waals surface area contributed by atoms with Crippen molar-refractivity contribution in [2.24, 2.45) is 5.41 Å². The van der Waals surface area contributed by atoms with Crippen LogP contribution in [0.4, 0.5) is 5.69 Å². The molecule has 0 radical (unpaired) electrons. The zero-order chi connectivity index (χ0) is 14.8. The lowest BCUT2D eigenvalue weighted by atomic mass is 9.61. The number of nitrogens with one attached hydrogen (secondary N) is 1. The van der Waals surface area contributed by atoms with Gasteiger partial charge in [0.05, 0.1) is 17.4 Å². The summed E-state index contributed by atoms with van der Waals surface area (Å²) in [7, 11) is 0. The Morgan fingerprint density at radius 1 is 1.50 bits per heavy atom. The van der Waals surface area contributed by atoms with Gasteiger partial charge in [0.2, 0.25) is 0 Å². The van der Waals surface area contributed by atoms with Gasteiger partial charge in [0, 0.05) is 22.5 Å². The molecule has 4 heteroatoms. The van der Waals surface area contributed by atoms with Gasteiger partial charge in [-0.1, -0.05) is 29.8 Å². The number of hydrogen-bond acceptors (Lipinski definition) is 3. The van der Waals surface area contributed by atoms with Gasteiger partial charge in [-0.25, -0.2) is 0 Å². The van der Waals surface area contributed by atoms with Crippen LogP contribution in [-0.2, 0) is 4.74 Å². The maximum Gasteiger partial charge on any atom is 0.101 e. The molecule has 108 valence electrons. The van der Waals surface area contributed by atoms with Gasteiger partial charge >= 0.3 is 0 Å². The molecule has 1 aliphatic carbocycles. The van der Waals surface area contributed by atoms with Crippen molar-refractivity contribution >= 4 is 21.6 Å². The van der Waals surface area contributed by atoms with Crippen LogP contribution in [0.2, 0.25) is 0 Å². The third kappa shape index (κ3) is 2.70. The van der Waals surface area contributed by atoms with Gasteiger partial charge in [-0.2, -0.15) is 5.26 Å². The third-order valence-corrected chi connectivity index (χ3v) is 5.04. The van der Waals surface area contributed by atoms with Gasteiger partial charge in [-0.05, 0) is 38.0 Å². The Kier molecular flexibility index (Phi) is 4.72. The highest BCUT2D eigenvalue weighted by molar-refractivity contribution is 9.10. The van der Waals surface area contributed by atoms with Crippen molar-refractivity contribution in [3.05, 3.63) is 28.2 Å². The van der Waals surface area contributed by atoms with Crippen molar-refractivity contribution in [1.82, 2.24) is 0 Å². The maximum absolute atomic E-state index is 9.21. The van der Waals surface area contributed by atoms with E-state index in [9.17, 15) is 5.26 Å². The minimum atomic E-state index is 0.130. The smallest absolute Gasteiger partial charge is 0.101 e. The predicted molar refractivity (Wildman–Crippen MR) is 84.7 cm³/mol. The molecule has 1 aromatic rings. The van der Waals surface area contributed by atoms with Crippen LogP contribution in [0, 0.1) is 16.7 Å². The molecule has 20 heavy (non-hydrogen) atoms. The Morgan fingerprint density at radius 3 is 2.85 bits per heavy atom. The molecule has 1 aromatic carbocycles. The molecule has 1 saturated carbocycles. The van der Waals surface area contributed by atoms with Gasteiger partial charge < -0.3 is 10.1 Å². The van der Waals surface area contributed by atoms with Crippen molar-refractivity contribution in [2.45, 2.75) is 45.8 Å². The number of rotatable bonds is 5. The van der Waals surface area contributed by atoms with E-state index in [1.165, 1.54) is 0 Å². The van der Waals surface area contributed by atoms with Crippen LogP contribution in [0.5, 0.6) is 0 Å². The van der Waals surface area contributed by atoms with E-state index in [0.717, 1.165) is 29.6 Å². The molecular formula is C16H21BrN2O. The predicted octanol–water partition coefficient (Wildman–Crippen LogP) is 4.33. The lowest BCUT2D eigenvalue weighted by molar-refractivity contribution is -0.109. The van der Waals surface area contributed by atoms with Crippen LogP contribution in [0.15, 0.2) is 22.7 Å². The first-order valence-corrected chi connectivity index (χ1v) is 7.92. The molecule has 3 atom stereocenters. The molecule has 0 saturated heterocycles. The first-order chi connectivity index (χ1) is 9.55. The second kappa shape index (κ2) is 6.15. The first-order valence-electron chi connectivity index (χ1n) is 7.13. The summed E-state index contributed by atoms with van der Waals surface area (Å²) in [5.74, 6) is 0. The minimum absolute atomic E-state index is 0.130. The zero-order valence-electron chi connectivity index (χ0n) is 12.2. The average molecular weight is 337 g/mol. The summed E-state index contributed by atoms with van der Waals surface area (Å²) in [6.07, 6.45) is 2.37. The van der Waals surface area contributed by atoms with Gasteiger partial charge in [0.15, 0.2) is 0 Å². The summed E-state index contributed by atoms with van der Waals surface area (Å²) < 4.78 is 6.80. The summed E-state index contributed by atoms with van der Waals surface area (Å²) in [4.78, 5) is 0. The fraction of sp³-hybridized carbons (Fsp3) is 0.562. The molecule has 0 amide bonds. The van der Waals surface area contributed by atoms with E-state index in [0.29, 0.717) is 17.7 Å². The van der Waals surface area contributed by atoms with E-state index in [1.807, 2.05) is 25.1 Å². The monoisotopic (exact) mass is 336 g/mol. The fourth-order valence-electron chi connectivity index (χ4n) is 2.89. The normalized spacial score (nSPS) is 28.6. The summed E-state index contributed by atoms with van der Waals surface area (Å²) in [5.41, 5.74) is 1.72. The highest BCUT2D eigenvalue weighted by Crippen LogP contribution is 2.47. The summed E-state index contributed by atoms with van der Waals surface area (Å²) in [6, 6.07) is 8.31. The Morgan fingerprint density at radius 2 is 2.25 bits per heavy atom. The molecule has 0 bridgehead atoms. The fourth-order valence-corrected chi connectivity index (χ4v) is 3.26. The third-order valence-electron chi connectivity index (χ3n) is 4.54. The van der Waals surface area contributed by atoms with Crippen LogP contribution >= 0.6 is 15.9 Å². The maximum atomic E-state index is 9.21. The largest absolute Gasteiger partial charge is 0.380 e. The molecule has 0 aromatic heterocycles. The highest BCUT2D eigenvalue weighted by Gasteiger charge is 2.51. The standard InChI is InChI=1S/C16H21BrN2O/c1-4-16(3)14(9-15(16)20-5-2)19-13-8-12(17)7-6-11(13)10-18/h6-8,14-15,19H,4-5,9H2,1-3H3. The van der Waals surface area contributed by atoms with Gasteiger partial charge in [0.25, 0.3) is 0 Å². The average Bonchev–Trinajstić information content (AvgIpc) is 2.45. The molecule has 1 fully saturated rings. The molecule has 3 unspecified atom stereocenters. The van der Waals surface area contributed by atoms with E-state index in [-0.39, 0.29) is 5.41 Å². The lowest BCUT2D eigenvalue weighted by Crippen LogP contribution is -2.59. The van der Waals surface area contributed by atoms with Crippen molar-refractivity contribution < 1.29 is 4.74 Å². The molecule has 0 spiro atoms. The van der Waals surface area contributed by atoms with Crippen LogP contribution in [0.3, 0.4) is 0 Å². The molecule has 3 nitrogen and oxygen atoms in total. The summed E-state index contributed by atoms with van der Waals surface area (Å²) in [5, 5.41) is 12.7. The number of nitrogens with zero attached hydrogens (tertiary/aromatic N) is 1. The summed E-state index contributed by atoms with van der Waals surface area (Å²) >= 11 is 3.46. The number of ether oxygens (including phenoxy) is 1. The quantitative estimate of drug-likeness (QED) is 0.870. The molecule has 1 N–H and O–H groups in total. The van der Waals surface area contributed by atoms with Gasteiger partial charge in [0.1, 0.15) is 6.07 Å². The Labute approximate surface area is 129 Å². The second-order valence-electron chi connectivity index (χ2n) is 5.54. The van der Waals surface area contributed by atoms with Crippen molar-refractivity contribution in [2.75, 3.05) is 11.9 Å². The molecule has 0 heterocycles. The first kappa shape index (κ1) is 15.3. The van der Waals surface area contributed by atoms with Crippen molar-refractivity contribution in [3.63, 3.8) is 0 Å². The second-order valence-corrected chi connectivity index (χ2v) is 6.45. The number of hydrogen-bond donors (Lipinski definition) is 1. The van der Waals surface area contributed by atoms with Crippen LogP contribution in [0.25, 0.3) is 0 Å². The van der Waals surface area contributed by atoms with Gasteiger partial charge in [-0.15, -0.1) is 0 Å². The Hall–Kier alpha value is -1.05. The Balaban J connectivity index is 2.16. The van der Waals surface area contributed by atoms with Crippen molar-refractivity contribution in [1.29, 1.82) is 5.26 Å². The van der Waals surface area contributed by atoms with E-state index in [1.54, 1.807) is 0 Å². The van der Waals surface area contributed by atoms with Crippen molar-refractivity contribution in [3.8, 4) is 6.07 Å². The molecule has 1 aliphatic rings. The summed E-state index contributed by atoms with van der Waals surface area (Å²) in [6.45, 7) is 7.26. The molecule has 0 aliphatic heterocycles. The molecule has 2 rings (SSSR count). The number of benzene rings is 1. The number of halogens is 1. The zero-order valence-corrected chi connectivity index (χ0v) is 13.8. The minimum Gasteiger partial charge on any atom is -0.380 e. The van der Waals surface area contributed by atoms with E-state index < -0.39 is 0 Å². The Bertz CT molecular complexity index is 526.